The number of carbonyl (C=O) groups is 1. The molecule has 1 amide bonds. The van der Waals surface area contributed by atoms with Gasteiger partial charge in [-0.1, -0.05) is 41.9 Å². The van der Waals surface area contributed by atoms with Crippen molar-refractivity contribution >= 4 is 38.8 Å². The second kappa shape index (κ2) is 8.57. The minimum atomic E-state index is -4.08. The lowest BCUT2D eigenvalue weighted by Crippen LogP contribution is -2.44. The normalized spacial score (nSPS) is 16.3. The number of methoxy groups -OCH3 is 1. The minimum Gasteiger partial charge on any atom is -0.383 e. The van der Waals surface area contributed by atoms with E-state index < -0.39 is 15.9 Å². The number of ether oxygens (including phenoxy) is 1. The number of halogens is 1. The predicted molar refractivity (Wildman–Crippen MR) is 115 cm³/mol. The maximum atomic E-state index is 13.5. The molecule has 154 valence electrons. The Bertz CT molecular complexity index is 1050. The van der Waals surface area contributed by atoms with Gasteiger partial charge >= 0.3 is 0 Å². The molecular weight excluding hydrogens is 412 g/mol. The number of nitrogens with zero attached hydrogens (tertiary/aromatic N) is 1. The third-order valence-electron chi connectivity index (χ3n) is 4.62. The van der Waals surface area contributed by atoms with Crippen LogP contribution in [0.4, 0.5) is 5.69 Å². The van der Waals surface area contributed by atoms with Crippen LogP contribution in [0.15, 0.2) is 53.4 Å². The molecule has 0 aliphatic carbocycles. The van der Waals surface area contributed by atoms with E-state index in [0.29, 0.717) is 27.4 Å². The Kier molecular flexibility index (Phi) is 6.31. The smallest absolute Gasteiger partial charge is 0.270 e. The van der Waals surface area contributed by atoms with Gasteiger partial charge in [0.05, 0.1) is 12.3 Å². The van der Waals surface area contributed by atoms with E-state index in [9.17, 15) is 13.2 Å². The molecule has 6 nitrogen and oxygen atoms in total. The molecule has 2 aromatic carbocycles. The van der Waals surface area contributed by atoms with E-state index in [4.69, 9.17) is 16.3 Å². The van der Waals surface area contributed by atoms with Crippen molar-refractivity contribution in [1.82, 2.24) is 5.32 Å². The average molecular weight is 435 g/mol. The molecule has 1 unspecified atom stereocenters. The Morgan fingerprint density at radius 1 is 1.21 bits per heavy atom. The van der Waals surface area contributed by atoms with Gasteiger partial charge in [0.15, 0.2) is 4.91 Å². The summed E-state index contributed by atoms with van der Waals surface area (Å²) in [6, 6.07) is 13.6. The summed E-state index contributed by atoms with van der Waals surface area (Å²) in [7, 11) is -2.56. The molecule has 29 heavy (non-hydrogen) atoms. The third-order valence-corrected chi connectivity index (χ3v) is 6.80. The van der Waals surface area contributed by atoms with E-state index in [1.807, 2.05) is 6.07 Å². The number of carbonyl (C=O) groups excluding carboxylic acids is 1. The van der Waals surface area contributed by atoms with Crippen molar-refractivity contribution in [1.29, 1.82) is 0 Å². The van der Waals surface area contributed by atoms with E-state index in [1.54, 1.807) is 56.3 Å². The van der Waals surface area contributed by atoms with E-state index in [0.717, 1.165) is 0 Å². The first-order chi connectivity index (χ1) is 13.8. The molecule has 0 bridgehead atoms. The van der Waals surface area contributed by atoms with Crippen molar-refractivity contribution in [2.24, 2.45) is 0 Å². The number of hydrogen-bond acceptors (Lipinski definition) is 4. The SMILES string of the molecule is CCN1c2ccc(Cl)cc2C(c2ccccc2)=C(C(=O)NC(C)COC)S1(=O)=O. The number of anilines is 1. The van der Waals surface area contributed by atoms with Crippen molar-refractivity contribution in [3.05, 3.63) is 69.6 Å². The molecule has 0 saturated carbocycles. The van der Waals surface area contributed by atoms with E-state index in [-0.39, 0.29) is 24.1 Å². The summed E-state index contributed by atoms with van der Waals surface area (Å²) >= 11 is 6.24. The Balaban J connectivity index is 2.33. The highest BCUT2D eigenvalue weighted by Gasteiger charge is 2.41. The molecule has 0 spiro atoms. The fourth-order valence-corrected chi connectivity index (χ4v) is 5.39. The lowest BCUT2D eigenvalue weighted by atomic mass is 9.95. The van der Waals surface area contributed by atoms with Crippen LogP contribution in [-0.2, 0) is 19.6 Å². The van der Waals surface area contributed by atoms with Crippen LogP contribution in [0, 0.1) is 0 Å². The number of nitrogens with one attached hydrogen (secondary N) is 1. The van der Waals surface area contributed by atoms with Gasteiger partial charge in [-0.3, -0.25) is 9.10 Å². The Morgan fingerprint density at radius 3 is 2.52 bits per heavy atom. The number of hydrogen-bond donors (Lipinski definition) is 1. The third kappa shape index (κ3) is 4.03. The molecule has 1 aliphatic heterocycles. The summed E-state index contributed by atoms with van der Waals surface area (Å²) in [4.78, 5) is 12.9. The molecule has 2 aromatic rings. The van der Waals surface area contributed by atoms with Crippen LogP contribution in [0.5, 0.6) is 0 Å². The zero-order valence-electron chi connectivity index (χ0n) is 16.5. The lowest BCUT2D eigenvalue weighted by Gasteiger charge is -2.33. The molecule has 0 saturated heterocycles. The zero-order valence-corrected chi connectivity index (χ0v) is 18.0. The first-order valence-corrected chi connectivity index (χ1v) is 11.0. The average Bonchev–Trinajstić information content (AvgIpc) is 2.67. The highest BCUT2D eigenvalue weighted by molar-refractivity contribution is 7.97. The summed E-state index contributed by atoms with van der Waals surface area (Å²) < 4.78 is 33.3. The van der Waals surface area contributed by atoms with Crippen molar-refractivity contribution in [3.8, 4) is 0 Å². The first kappa shape index (κ1) is 21.4. The number of fused-ring (bicyclic) bond motifs is 1. The molecular formula is C21H23ClN2O4S. The van der Waals surface area contributed by atoms with Gasteiger partial charge < -0.3 is 10.1 Å². The number of sulfonamides is 1. The lowest BCUT2D eigenvalue weighted by molar-refractivity contribution is -0.117. The predicted octanol–water partition coefficient (Wildman–Crippen LogP) is 3.42. The molecule has 1 N–H and O–H groups in total. The Morgan fingerprint density at radius 2 is 1.90 bits per heavy atom. The summed E-state index contributed by atoms with van der Waals surface area (Å²) in [5.41, 5.74) is 2.07. The Labute approximate surface area is 176 Å². The van der Waals surface area contributed by atoms with Crippen molar-refractivity contribution in [2.45, 2.75) is 19.9 Å². The van der Waals surface area contributed by atoms with Crippen LogP contribution in [0.25, 0.3) is 5.57 Å². The van der Waals surface area contributed by atoms with Crippen LogP contribution in [0.2, 0.25) is 5.02 Å². The fourth-order valence-electron chi connectivity index (χ4n) is 3.46. The standard InChI is InChI=1S/C21H23ClN2O4S/c1-4-24-18-11-10-16(22)12-17(18)19(15-8-6-5-7-9-15)20(29(24,26)27)21(25)23-14(2)13-28-3/h5-12,14H,4,13H2,1-3H3,(H,23,25). The topological polar surface area (TPSA) is 75.7 Å². The number of amides is 1. The van der Waals surface area contributed by atoms with Gasteiger partial charge in [0, 0.05) is 35.9 Å². The van der Waals surface area contributed by atoms with Gasteiger partial charge in [0.2, 0.25) is 0 Å². The molecule has 0 aromatic heterocycles. The van der Waals surface area contributed by atoms with Crippen molar-refractivity contribution < 1.29 is 17.9 Å². The van der Waals surface area contributed by atoms with Crippen LogP contribution in [0.1, 0.15) is 25.0 Å². The molecule has 0 fully saturated rings. The van der Waals surface area contributed by atoms with E-state index in [2.05, 4.69) is 5.32 Å². The molecule has 1 aliphatic rings. The van der Waals surface area contributed by atoms with Crippen LogP contribution < -0.4 is 9.62 Å². The summed E-state index contributed by atoms with van der Waals surface area (Å²) in [6.07, 6.45) is 0. The van der Waals surface area contributed by atoms with Crippen molar-refractivity contribution in [3.63, 3.8) is 0 Å². The van der Waals surface area contributed by atoms with Crippen molar-refractivity contribution in [2.75, 3.05) is 24.6 Å². The minimum absolute atomic E-state index is 0.184. The molecule has 8 heteroatoms. The van der Waals surface area contributed by atoms with Crippen LogP contribution >= 0.6 is 11.6 Å². The van der Waals surface area contributed by atoms with Crippen LogP contribution in [-0.4, -0.2) is 40.6 Å². The second-order valence-electron chi connectivity index (χ2n) is 6.73. The largest absolute Gasteiger partial charge is 0.383 e. The highest BCUT2D eigenvalue weighted by Crippen LogP contribution is 2.43. The second-order valence-corrected chi connectivity index (χ2v) is 8.97. The fraction of sp³-hybridized carbons (Fsp3) is 0.286. The summed E-state index contributed by atoms with van der Waals surface area (Å²) in [5, 5.41) is 3.19. The first-order valence-electron chi connectivity index (χ1n) is 9.23. The monoisotopic (exact) mass is 434 g/mol. The molecule has 1 heterocycles. The highest BCUT2D eigenvalue weighted by atomic mass is 35.5. The molecule has 0 radical (unpaired) electrons. The zero-order chi connectivity index (χ0) is 21.2. The summed E-state index contributed by atoms with van der Waals surface area (Å²) in [5.74, 6) is -0.669. The Hall–Kier alpha value is -2.35. The van der Waals surface area contributed by atoms with Gasteiger partial charge in [0.1, 0.15) is 0 Å². The quantitative estimate of drug-likeness (QED) is 0.755. The maximum absolute atomic E-state index is 13.5. The van der Waals surface area contributed by atoms with Gasteiger partial charge in [-0.25, -0.2) is 8.42 Å². The van der Waals surface area contributed by atoms with Gasteiger partial charge in [-0.2, -0.15) is 0 Å². The van der Waals surface area contributed by atoms with E-state index >= 15 is 0 Å². The van der Waals surface area contributed by atoms with Gasteiger partial charge in [-0.15, -0.1) is 0 Å². The van der Waals surface area contributed by atoms with Gasteiger partial charge in [-0.05, 0) is 37.6 Å². The summed E-state index contributed by atoms with van der Waals surface area (Å²) in [6.45, 7) is 3.93. The maximum Gasteiger partial charge on any atom is 0.270 e. The molecule has 3 rings (SSSR count). The van der Waals surface area contributed by atoms with E-state index in [1.165, 1.54) is 11.4 Å². The van der Waals surface area contributed by atoms with Crippen LogP contribution in [0.3, 0.4) is 0 Å². The number of rotatable bonds is 6. The molecule has 1 atom stereocenters. The van der Waals surface area contributed by atoms with Gasteiger partial charge in [0.25, 0.3) is 15.9 Å². The number of benzene rings is 2.